The number of amides is 1. The predicted octanol–water partition coefficient (Wildman–Crippen LogP) is 1.99. The van der Waals surface area contributed by atoms with E-state index in [9.17, 15) is 4.79 Å². The fourth-order valence-corrected chi connectivity index (χ4v) is 1.02. The molecule has 0 saturated heterocycles. The fourth-order valence-electron chi connectivity index (χ4n) is 0.823. The van der Waals surface area contributed by atoms with Crippen LogP contribution in [0.25, 0.3) is 0 Å². The normalized spacial score (nSPS) is 9.50. The first-order chi connectivity index (χ1) is 5.70. The van der Waals surface area contributed by atoms with Crippen molar-refractivity contribution < 1.29 is 4.79 Å². The topological polar surface area (TPSA) is 31.2 Å². The molecule has 1 radical (unpaired) electrons. The first-order valence-electron chi connectivity index (χ1n) is 3.61. The lowest BCUT2D eigenvalue weighted by molar-refractivity contribution is -0.119. The molecule has 0 fully saturated rings. The van der Waals surface area contributed by atoms with Gasteiger partial charge in [-0.25, -0.2) is 5.32 Å². The third-order valence-electron chi connectivity index (χ3n) is 1.43. The molecule has 0 atom stereocenters. The highest BCUT2D eigenvalue weighted by molar-refractivity contribution is 6.31. The minimum Gasteiger partial charge on any atom is -0.273 e. The van der Waals surface area contributed by atoms with E-state index in [1.54, 1.807) is 6.07 Å². The molecule has 0 aliphatic rings. The Morgan fingerprint density at radius 2 is 2.17 bits per heavy atom. The van der Waals surface area contributed by atoms with E-state index < -0.39 is 0 Å². The molecule has 1 amide bonds. The maximum atomic E-state index is 10.5. The van der Waals surface area contributed by atoms with Crippen LogP contribution in [-0.4, -0.2) is 5.91 Å². The molecular formula is C9H9ClNO. The summed E-state index contributed by atoms with van der Waals surface area (Å²) in [6, 6.07) is 7.36. The Hall–Kier alpha value is -1.02. The second-order valence-corrected chi connectivity index (χ2v) is 2.83. The molecule has 2 nitrogen and oxygen atoms in total. The second-order valence-electron chi connectivity index (χ2n) is 2.43. The van der Waals surface area contributed by atoms with Gasteiger partial charge in [0.2, 0.25) is 5.91 Å². The van der Waals surface area contributed by atoms with Crippen molar-refractivity contribution in [3.8, 4) is 0 Å². The standard InChI is InChI=1S/C9H9ClNO/c1-7(12)11-6-8-4-2-3-5-9(8)10/h2-5H,6H2,1H3. The maximum Gasteiger partial charge on any atom is 0.238 e. The third-order valence-corrected chi connectivity index (χ3v) is 1.80. The number of carbonyl (C=O) groups excluding carboxylic acids is 1. The number of carbonyl (C=O) groups is 1. The maximum absolute atomic E-state index is 10.5. The Kier molecular flexibility index (Phi) is 3.11. The van der Waals surface area contributed by atoms with Crippen LogP contribution in [0.1, 0.15) is 12.5 Å². The average Bonchev–Trinajstić information content (AvgIpc) is 2.03. The highest BCUT2D eigenvalue weighted by Gasteiger charge is 1.99. The Balaban J connectivity index is 2.63. The summed E-state index contributed by atoms with van der Waals surface area (Å²) < 4.78 is 0. The van der Waals surface area contributed by atoms with Crippen LogP contribution in [0.4, 0.5) is 0 Å². The van der Waals surface area contributed by atoms with Crippen LogP contribution in [0.5, 0.6) is 0 Å². The Bertz CT molecular complexity index is 286. The van der Waals surface area contributed by atoms with E-state index in [0.717, 1.165) is 5.56 Å². The molecule has 1 aromatic carbocycles. The number of hydrogen-bond acceptors (Lipinski definition) is 1. The van der Waals surface area contributed by atoms with Gasteiger partial charge in [0.05, 0.1) is 6.54 Å². The van der Waals surface area contributed by atoms with Crippen LogP contribution in [0, 0.1) is 0 Å². The largest absolute Gasteiger partial charge is 0.273 e. The Morgan fingerprint density at radius 3 is 2.75 bits per heavy atom. The van der Waals surface area contributed by atoms with Crippen molar-refractivity contribution in [1.29, 1.82) is 0 Å². The molecule has 3 heteroatoms. The van der Waals surface area contributed by atoms with Crippen molar-refractivity contribution in [1.82, 2.24) is 5.32 Å². The van der Waals surface area contributed by atoms with Crippen molar-refractivity contribution in [2.75, 3.05) is 0 Å². The van der Waals surface area contributed by atoms with Crippen LogP contribution in [-0.2, 0) is 11.3 Å². The molecule has 0 aromatic heterocycles. The fraction of sp³-hybridized carbons (Fsp3) is 0.222. The lowest BCUT2D eigenvalue weighted by Crippen LogP contribution is -2.10. The molecule has 1 rings (SSSR count). The van der Waals surface area contributed by atoms with E-state index >= 15 is 0 Å². The Labute approximate surface area is 76.5 Å². The van der Waals surface area contributed by atoms with E-state index in [0.29, 0.717) is 11.6 Å². The van der Waals surface area contributed by atoms with Gasteiger partial charge >= 0.3 is 0 Å². The SMILES string of the molecule is CC(=O)[N]Cc1ccccc1Cl. The Morgan fingerprint density at radius 1 is 1.50 bits per heavy atom. The molecule has 0 N–H and O–H groups in total. The molecule has 1 aromatic rings. The van der Waals surface area contributed by atoms with Crippen LogP contribution in [0.3, 0.4) is 0 Å². The smallest absolute Gasteiger partial charge is 0.238 e. The van der Waals surface area contributed by atoms with E-state index in [4.69, 9.17) is 11.6 Å². The van der Waals surface area contributed by atoms with E-state index in [1.165, 1.54) is 6.92 Å². The number of benzene rings is 1. The molecule has 12 heavy (non-hydrogen) atoms. The summed E-state index contributed by atoms with van der Waals surface area (Å²) in [6.07, 6.45) is 0. The highest BCUT2D eigenvalue weighted by atomic mass is 35.5. The number of hydrogen-bond donors (Lipinski definition) is 0. The molecule has 0 aliphatic heterocycles. The van der Waals surface area contributed by atoms with Gasteiger partial charge < -0.3 is 0 Å². The van der Waals surface area contributed by atoms with Gasteiger partial charge in [-0.3, -0.25) is 4.79 Å². The van der Waals surface area contributed by atoms with Gasteiger partial charge in [0.25, 0.3) is 0 Å². The second kappa shape index (κ2) is 4.12. The summed E-state index contributed by atoms with van der Waals surface area (Å²) in [5.41, 5.74) is 0.884. The molecule has 0 aliphatic carbocycles. The zero-order chi connectivity index (χ0) is 8.97. The lowest BCUT2D eigenvalue weighted by Gasteiger charge is -2.01. The van der Waals surface area contributed by atoms with Crippen molar-refractivity contribution in [2.24, 2.45) is 0 Å². The predicted molar refractivity (Wildman–Crippen MR) is 48.0 cm³/mol. The van der Waals surface area contributed by atoms with Crippen LogP contribution >= 0.6 is 11.6 Å². The van der Waals surface area contributed by atoms with Gasteiger partial charge in [-0.2, -0.15) is 0 Å². The lowest BCUT2D eigenvalue weighted by atomic mass is 10.2. The molecule has 0 spiro atoms. The van der Waals surface area contributed by atoms with Crippen molar-refractivity contribution in [3.05, 3.63) is 34.9 Å². The third kappa shape index (κ3) is 2.55. The summed E-state index contributed by atoms with van der Waals surface area (Å²) in [6.45, 7) is 1.80. The summed E-state index contributed by atoms with van der Waals surface area (Å²) in [5, 5.41) is 4.39. The van der Waals surface area contributed by atoms with Crippen LogP contribution < -0.4 is 5.32 Å². The minimum atomic E-state index is -0.171. The number of halogens is 1. The number of rotatable bonds is 2. The first kappa shape index (κ1) is 9.07. The zero-order valence-corrected chi connectivity index (χ0v) is 7.51. The average molecular weight is 183 g/mol. The van der Waals surface area contributed by atoms with Crippen LogP contribution in [0.15, 0.2) is 24.3 Å². The molecule has 0 heterocycles. The van der Waals surface area contributed by atoms with Gasteiger partial charge in [0.15, 0.2) is 0 Å². The summed E-state index contributed by atoms with van der Waals surface area (Å²) in [5.74, 6) is -0.171. The zero-order valence-electron chi connectivity index (χ0n) is 6.75. The van der Waals surface area contributed by atoms with E-state index in [-0.39, 0.29) is 5.91 Å². The monoisotopic (exact) mass is 182 g/mol. The van der Waals surface area contributed by atoms with Crippen molar-refractivity contribution in [2.45, 2.75) is 13.5 Å². The van der Waals surface area contributed by atoms with Gasteiger partial charge in [0.1, 0.15) is 0 Å². The van der Waals surface area contributed by atoms with Gasteiger partial charge in [-0.05, 0) is 11.6 Å². The summed E-state index contributed by atoms with van der Waals surface area (Å²) >= 11 is 5.84. The van der Waals surface area contributed by atoms with Gasteiger partial charge in [-0.15, -0.1) is 0 Å². The molecule has 0 unspecified atom stereocenters. The van der Waals surface area contributed by atoms with E-state index in [2.05, 4.69) is 5.32 Å². The quantitative estimate of drug-likeness (QED) is 0.688. The summed E-state index contributed by atoms with van der Waals surface area (Å²) in [7, 11) is 0. The van der Waals surface area contributed by atoms with Gasteiger partial charge in [0, 0.05) is 11.9 Å². The van der Waals surface area contributed by atoms with Crippen molar-refractivity contribution >= 4 is 17.5 Å². The number of nitrogens with zero attached hydrogens (tertiary/aromatic N) is 1. The molecular weight excluding hydrogens is 174 g/mol. The first-order valence-corrected chi connectivity index (χ1v) is 3.99. The highest BCUT2D eigenvalue weighted by Crippen LogP contribution is 2.14. The molecule has 63 valence electrons. The molecule has 0 saturated carbocycles. The molecule has 0 bridgehead atoms. The van der Waals surface area contributed by atoms with E-state index in [1.807, 2.05) is 18.2 Å². The van der Waals surface area contributed by atoms with Crippen molar-refractivity contribution in [3.63, 3.8) is 0 Å². The van der Waals surface area contributed by atoms with Gasteiger partial charge in [-0.1, -0.05) is 29.8 Å². The summed E-state index contributed by atoms with van der Waals surface area (Å²) in [4.78, 5) is 10.5. The minimum absolute atomic E-state index is 0.171. The van der Waals surface area contributed by atoms with Crippen LogP contribution in [0.2, 0.25) is 5.02 Å².